The van der Waals surface area contributed by atoms with Gasteiger partial charge in [-0.25, -0.2) is 4.39 Å². The normalized spacial score (nSPS) is 13.7. The highest BCUT2D eigenvalue weighted by Crippen LogP contribution is 2.25. The molecule has 2 N–H and O–H groups in total. The van der Waals surface area contributed by atoms with E-state index >= 15 is 0 Å². The smallest absolute Gasteiger partial charge is 0.320 e. The van der Waals surface area contributed by atoms with Crippen LogP contribution in [0.3, 0.4) is 0 Å². The van der Waals surface area contributed by atoms with E-state index in [-0.39, 0.29) is 17.8 Å². The summed E-state index contributed by atoms with van der Waals surface area (Å²) < 4.78 is 14.2. The van der Waals surface area contributed by atoms with Crippen LogP contribution in [0.5, 0.6) is 0 Å². The maximum absolute atomic E-state index is 13.2. The van der Waals surface area contributed by atoms with Crippen molar-refractivity contribution in [2.45, 2.75) is 32.4 Å². The SMILES string of the molecule is CC(C)C[C@H](N[C@H](c1ccc(F)cc1)c1ccc(Br)cc1)C(=O)O. The van der Waals surface area contributed by atoms with Crippen molar-refractivity contribution in [2.75, 3.05) is 0 Å². The van der Waals surface area contributed by atoms with Crippen LogP contribution < -0.4 is 5.32 Å². The van der Waals surface area contributed by atoms with E-state index < -0.39 is 12.0 Å². The molecule has 0 saturated heterocycles. The van der Waals surface area contributed by atoms with Gasteiger partial charge >= 0.3 is 5.97 Å². The zero-order chi connectivity index (χ0) is 17.7. The monoisotopic (exact) mass is 393 g/mol. The van der Waals surface area contributed by atoms with E-state index in [1.54, 1.807) is 12.1 Å². The number of rotatable bonds is 7. The molecule has 0 aliphatic carbocycles. The minimum atomic E-state index is -0.882. The molecule has 2 atom stereocenters. The highest BCUT2D eigenvalue weighted by molar-refractivity contribution is 9.10. The molecule has 5 heteroatoms. The number of nitrogens with one attached hydrogen (secondary N) is 1. The first-order valence-electron chi connectivity index (χ1n) is 7.86. The van der Waals surface area contributed by atoms with Crippen LogP contribution in [0.2, 0.25) is 0 Å². The predicted molar refractivity (Wildman–Crippen MR) is 96.4 cm³/mol. The first-order valence-corrected chi connectivity index (χ1v) is 8.66. The minimum absolute atomic E-state index is 0.248. The van der Waals surface area contributed by atoms with Crippen molar-refractivity contribution in [3.8, 4) is 0 Å². The highest BCUT2D eigenvalue weighted by Gasteiger charge is 2.24. The van der Waals surface area contributed by atoms with E-state index in [1.165, 1.54) is 12.1 Å². The molecule has 0 unspecified atom stereocenters. The Morgan fingerprint density at radius 2 is 1.58 bits per heavy atom. The number of halogens is 2. The Balaban J connectivity index is 2.36. The van der Waals surface area contributed by atoms with E-state index in [1.807, 2.05) is 38.1 Å². The van der Waals surface area contributed by atoms with Gasteiger partial charge in [-0.15, -0.1) is 0 Å². The zero-order valence-electron chi connectivity index (χ0n) is 13.7. The van der Waals surface area contributed by atoms with Gasteiger partial charge in [-0.2, -0.15) is 0 Å². The summed E-state index contributed by atoms with van der Waals surface area (Å²) in [5.74, 6) is -0.949. The molecular formula is C19H21BrFNO2. The molecule has 2 rings (SSSR count). The molecule has 0 fully saturated rings. The van der Waals surface area contributed by atoms with Crippen LogP contribution in [0.4, 0.5) is 4.39 Å². The third-order valence-corrected chi connectivity index (χ3v) is 4.31. The van der Waals surface area contributed by atoms with Crippen LogP contribution in [0.25, 0.3) is 0 Å². The van der Waals surface area contributed by atoms with Crippen LogP contribution in [0, 0.1) is 11.7 Å². The van der Waals surface area contributed by atoms with Crippen LogP contribution in [0.1, 0.15) is 37.4 Å². The summed E-state index contributed by atoms with van der Waals surface area (Å²) in [5, 5.41) is 12.7. The molecule has 2 aromatic carbocycles. The topological polar surface area (TPSA) is 49.3 Å². The van der Waals surface area contributed by atoms with Gasteiger partial charge < -0.3 is 5.11 Å². The van der Waals surface area contributed by atoms with Crippen LogP contribution in [-0.4, -0.2) is 17.1 Å². The molecule has 0 saturated carbocycles. The number of aliphatic carboxylic acids is 1. The van der Waals surface area contributed by atoms with Gasteiger partial charge in [0.25, 0.3) is 0 Å². The Bertz CT molecular complexity index is 625. The zero-order valence-corrected chi connectivity index (χ0v) is 15.3. The minimum Gasteiger partial charge on any atom is -0.480 e. The van der Waals surface area contributed by atoms with Crippen LogP contribution in [0.15, 0.2) is 53.0 Å². The van der Waals surface area contributed by atoms with E-state index in [0.717, 1.165) is 15.6 Å². The van der Waals surface area contributed by atoms with Crippen molar-refractivity contribution in [1.29, 1.82) is 0 Å². The van der Waals surface area contributed by atoms with Crippen molar-refractivity contribution in [3.05, 3.63) is 69.9 Å². The number of carboxylic acids is 1. The fourth-order valence-electron chi connectivity index (χ4n) is 2.61. The van der Waals surface area contributed by atoms with Crippen molar-refractivity contribution in [3.63, 3.8) is 0 Å². The van der Waals surface area contributed by atoms with Gasteiger partial charge in [0.1, 0.15) is 11.9 Å². The van der Waals surface area contributed by atoms with E-state index in [2.05, 4.69) is 21.2 Å². The molecular weight excluding hydrogens is 373 g/mol. The second-order valence-electron chi connectivity index (χ2n) is 6.22. The first-order chi connectivity index (χ1) is 11.4. The molecule has 0 aromatic heterocycles. The number of hydrogen-bond acceptors (Lipinski definition) is 2. The second-order valence-corrected chi connectivity index (χ2v) is 7.14. The van der Waals surface area contributed by atoms with Crippen molar-refractivity contribution >= 4 is 21.9 Å². The average molecular weight is 394 g/mol. The number of hydrogen-bond donors (Lipinski definition) is 2. The quantitative estimate of drug-likeness (QED) is 0.712. The Morgan fingerprint density at radius 3 is 2.04 bits per heavy atom. The van der Waals surface area contributed by atoms with E-state index in [9.17, 15) is 14.3 Å². The summed E-state index contributed by atoms with van der Waals surface area (Å²) in [6.45, 7) is 3.98. The van der Waals surface area contributed by atoms with Gasteiger partial charge in [0.2, 0.25) is 0 Å². The summed E-state index contributed by atoms with van der Waals surface area (Å²) in [4.78, 5) is 11.6. The van der Waals surface area contributed by atoms with E-state index in [0.29, 0.717) is 6.42 Å². The lowest BCUT2D eigenvalue weighted by molar-refractivity contribution is -0.140. The molecule has 0 amide bonds. The van der Waals surface area contributed by atoms with Gasteiger partial charge in [0, 0.05) is 4.47 Å². The molecule has 128 valence electrons. The maximum Gasteiger partial charge on any atom is 0.320 e. The molecule has 0 bridgehead atoms. The summed E-state index contributed by atoms with van der Waals surface area (Å²) in [6, 6.07) is 12.8. The van der Waals surface area contributed by atoms with Crippen LogP contribution in [-0.2, 0) is 4.79 Å². The van der Waals surface area contributed by atoms with Gasteiger partial charge in [0.05, 0.1) is 6.04 Å². The summed E-state index contributed by atoms with van der Waals surface area (Å²) in [6.07, 6.45) is 0.517. The van der Waals surface area contributed by atoms with E-state index in [4.69, 9.17) is 0 Å². The Morgan fingerprint density at radius 1 is 1.08 bits per heavy atom. The Kier molecular flexibility index (Phi) is 6.52. The molecule has 3 nitrogen and oxygen atoms in total. The summed E-state index contributed by atoms with van der Waals surface area (Å²) in [5.41, 5.74) is 1.76. The maximum atomic E-state index is 13.2. The van der Waals surface area contributed by atoms with Crippen LogP contribution >= 0.6 is 15.9 Å². The van der Waals surface area contributed by atoms with Gasteiger partial charge in [-0.3, -0.25) is 10.1 Å². The fourth-order valence-corrected chi connectivity index (χ4v) is 2.87. The lowest BCUT2D eigenvalue weighted by atomic mass is 9.95. The standard InChI is InChI=1S/C19H21BrFNO2/c1-12(2)11-17(19(23)24)22-18(13-3-7-15(20)8-4-13)14-5-9-16(21)10-6-14/h3-10,12,17-18,22H,11H2,1-2H3,(H,23,24)/t17-,18-/m0/s1. The molecule has 0 aliphatic heterocycles. The third kappa shape index (κ3) is 5.14. The number of benzene rings is 2. The highest BCUT2D eigenvalue weighted by atomic mass is 79.9. The van der Waals surface area contributed by atoms with Gasteiger partial charge in [0.15, 0.2) is 0 Å². The first kappa shape index (κ1) is 18.6. The molecule has 24 heavy (non-hydrogen) atoms. The fraction of sp³-hybridized carbons (Fsp3) is 0.316. The molecule has 0 heterocycles. The molecule has 0 spiro atoms. The average Bonchev–Trinajstić information content (AvgIpc) is 2.53. The second kappa shape index (κ2) is 8.40. The van der Waals surface area contributed by atoms with Crippen molar-refractivity contribution in [2.24, 2.45) is 5.92 Å². The number of carbonyl (C=O) groups is 1. The molecule has 0 radical (unpaired) electrons. The largest absolute Gasteiger partial charge is 0.480 e. The molecule has 2 aromatic rings. The van der Waals surface area contributed by atoms with Crippen molar-refractivity contribution < 1.29 is 14.3 Å². The molecule has 0 aliphatic rings. The lowest BCUT2D eigenvalue weighted by Gasteiger charge is -2.25. The van der Waals surface area contributed by atoms with Gasteiger partial charge in [-0.05, 0) is 47.7 Å². The summed E-state index contributed by atoms with van der Waals surface area (Å²) in [7, 11) is 0. The summed E-state index contributed by atoms with van der Waals surface area (Å²) >= 11 is 3.40. The van der Waals surface area contributed by atoms with Crippen molar-refractivity contribution in [1.82, 2.24) is 5.32 Å². The third-order valence-electron chi connectivity index (χ3n) is 3.78. The number of carboxylic acid groups (broad SMARTS) is 1. The predicted octanol–water partition coefficient (Wildman–Crippen LogP) is 4.77. The van der Waals surface area contributed by atoms with Gasteiger partial charge in [-0.1, -0.05) is 54.0 Å². The Hall–Kier alpha value is -1.72. The lowest BCUT2D eigenvalue weighted by Crippen LogP contribution is -2.40. The Labute approximate surface area is 150 Å².